The highest BCUT2D eigenvalue weighted by Crippen LogP contribution is 2.24. The predicted molar refractivity (Wildman–Crippen MR) is 96.2 cm³/mol. The molecule has 0 saturated heterocycles. The van der Waals surface area contributed by atoms with Crippen LogP contribution in [-0.4, -0.2) is 11.7 Å². The molecule has 0 fully saturated rings. The molecule has 2 aromatic rings. The minimum Gasteiger partial charge on any atom is -0.310 e. The Morgan fingerprint density at radius 3 is 2.00 bits per heavy atom. The van der Waals surface area contributed by atoms with Crippen molar-refractivity contribution in [2.45, 2.75) is 34.6 Å². The Bertz CT molecular complexity index is 705. The molecule has 120 valence electrons. The Balaban J connectivity index is 2.50. The van der Waals surface area contributed by atoms with Crippen LogP contribution in [0.25, 0.3) is 0 Å². The van der Waals surface area contributed by atoms with E-state index in [1.165, 1.54) is 0 Å². The van der Waals surface area contributed by atoms with E-state index >= 15 is 0 Å². The summed E-state index contributed by atoms with van der Waals surface area (Å²) in [5, 5.41) is 2.99. The van der Waals surface area contributed by atoms with Gasteiger partial charge in [0.05, 0.1) is 5.69 Å². The van der Waals surface area contributed by atoms with Crippen molar-refractivity contribution in [3.05, 3.63) is 65.2 Å². The molecule has 1 amide bonds. The third-order valence-corrected chi connectivity index (χ3v) is 3.62. The topological polar surface area (TPSA) is 41.5 Å². The Hall–Kier alpha value is -2.42. The first-order chi connectivity index (χ1) is 10.8. The molecule has 2 aromatic carbocycles. The van der Waals surface area contributed by atoms with Gasteiger partial charge in [0.15, 0.2) is 0 Å². The molecule has 0 spiro atoms. The first-order valence-corrected chi connectivity index (χ1v) is 7.81. The molecule has 23 heavy (non-hydrogen) atoms. The lowest BCUT2D eigenvalue weighted by Gasteiger charge is -2.19. The summed E-state index contributed by atoms with van der Waals surface area (Å²) in [6, 6.07) is 15.8. The second kappa shape index (κ2) is 6.78. The zero-order valence-electron chi connectivity index (χ0n) is 14.5. The number of hydrogen-bond donors (Lipinski definition) is 1. The van der Waals surface area contributed by atoms with Crippen molar-refractivity contribution in [3.63, 3.8) is 0 Å². The summed E-state index contributed by atoms with van der Waals surface area (Å²) < 4.78 is 0. The number of nitrogens with zero attached hydrogens (tertiary/aromatic N) is 1. The molecule has 0 radical (unpaired) electrons. The number of amidine groups is 1. The number of para-hydroxylation sites is 1. The molecule has 0 aliphatic rings. The molecule has 0 aromatic heterocycles. The summed E-state index contributed by atoms with van der Waals surface area (Å²) in [5.74, 6) is 0.536. The summed E-state index contributed by atoms with van der Waals surface area (Å²) in [5.41, 5.74) is 3.50. The molecule has 0 heterocycles. The predicted octanol–water partition coefficient (Wildman–Crippen LogP) is 4.54. The van der Waals surface area contributed by atoms with E-state index in [0.29, 0.717) is 5.84 Å². The number of hydrogen-bond acceptors (Lipinski definition) is 2. The molecule has 0 atom stereocenters. The lowest BCUT2D eigenvalue weighted by Crippen LogP contribution is -2.39. The average molecular weight is 308 g/mol. The van der Waals surface area contributed by atoms with Crippen molar-refractivity contribution >= 4 is 17.4 Å². The van der Waals surface area contributed by atoms with E-state index in [9.17, 15) is 4.79 Å². The van der Waals surface area contributed by atoms with E-state index in [-0.39, 0.29) is 5.91 Å². The highest BCUT2D eigenvalue weighted by Gasteiger charge is 2.23. The minimum atomic E-state index is -0.476. The minimum absolute atomic E-state index is 0.0497. The first kappa shape index (κ1) is 16.9. The van der Waals surface area contributed by atoms with Crippen LogP contribution in [0, 0.1) is 19.3 Å². The second-order valence-corrected chi connectivity index (χ2v) is 6.77. The number of amides is 1. The lowest BCUT2D eigenvalue weighted by molar-refractivity contribution is -0.126. The number of carbonyl (C=O) groups is 1. The second-order valence-electron chi connectivity index (χ2n) is 6.77. The summed E-state index contributed by atoms with van der Waals surface area (Å²) in [7, 11) is 0. The van der Waals surface area contributed by atoms with E-state index in [4.69, 9.17) is 4.99 Å². The molecule has 3 nitrogen and oxygen atoms in total. The van der Waals surface area contributed by atoms with Crippen LogP contribution in [0.5, 0.6) is 0 Å². The van der Waals surface area contributed by atoms with E-state index in [2.05, 4.69) is 5.32 Å². The highest BCUT2D eigenvalue weighted by molar-refractivity contribution is 6.10. The molecular formula is C20H24N2O. The van der Waals surface area contributed by atoms with Crippen molar-refractivity contribution in [1.29, 1.82) is 0 Å². The summed E-state index contributed by atoms with van der Waals surface area (Å²) >= 11 is 0. The Morgan fingerprint density at radius 1 is 0.913 bits per heavy atom. The zero-order chi connectivity index (χ0) is 17.0. The van der Waals surface area contributed by atoms with Crippen LogP contribution in [0.2, 0.25) is 0 Å². The SMILES string of the molecule is Cc1cccc(C)c1N=C(NC(=O)C(C)(C)C)c1ccccc1. The maximum absolute atomic E-state index is 12.4. The van der Waals surface area contributed by atoms with Crippen LogP contribution in [0.3, 0.4) is 0 Å². The van der Waals surface area contributed by atoms with Crippen molar-refractivity contribution in [1.82, 2.24) is 5.32 Å². The number of rotatable bonds is 2. The first-order valence-electron chi connectivity index (χ1n) is 7.81. The standard InChI is InChI=1S/C20H24N2O/c1-14-10-9-11-15(2)17(14)21-18(16-12-7-6-8-13-16)22-19(23)20(3,4)5/h6-13H,1-5H3,(H,21,22,23). The fourth-order valence-corrected chi connectivity index (χ4v) is 2.15. The third-order valence-electron chi connectivity index (χ3n) is 3.62. The fourth-order valence-electron chi connectivity index (χ4n) is 2.15. The Morgan fingerprint density at radius 2 is 1.48 bits per heavy atom. The van der Waals surface area contributed by atoms with Gasteiger partial charge in [-0.05, 0) is 25.0 Å². The molecule has 0 aliphatic heterocycles. The van der Waals surface area contributed by atoms with Gasteiger partial charge in [-0.1, -0.05) is 69.3 Å². The summed E-state index contributed by atoms with van der Waals surface area (Å²) in [6.45, 7) is 9.73. The third kappa shape index (κ3) is 4.28. The van der Waals surface area contributed by atoms with Crippen LogP contribution in [-0.2, 0) is 4.79 Å². The summed E-state index contributed by atoms with van der Waals surface area (Å²) in [6.07, 6.45) is 0. The van der Waals surface area contributed by atoms with E-state index in [1.54, 1.807) is 0 Å². The van der Waals surface area contributed by atoms with Crippen LogP contribution < -0.4 is 5.32 Å². The van der Waals surface area contributed by atoms with Gasteiger partial charge >= 0.3 is 0 Å². The zero-order valence-corrected chi connectivity index (χ0v) is 14.5. The fraction of sp³-hybridized carbons (Fsp3) is 0.300. The van der Waals surface area contributed by atoms with Gasteiger partial charge < -0.3 is 5.32 Å². The molecule has 0 unspecified atom stereocenters. The largest absolute Gasteiger partial charge is 0.310 e. The number of benzene rings is 2. The van der Waals surface area contributed by atoms with E-state index in [0.717, 1.165) is 22.4 Å². The lowest BCUT2D eigenvalue weighted by atomic mass is 9.95. The summed E-state index contributed by atoms with van der Waals surface area (Å²) in [4.78, 5) is 17.2. The van der Waals surface area contributed by atoms with Gasteiger partial charge in [-0.2, -0.15) is 0 Å². The van der Waals surface area contributed by atoms with Crippen LogP contribution in [0.1, 0.15) is 37.5 Å². The van der Waals surface area contributed by atoms with E-state index < -0.39 is 5.41 Å². The van der Waals surface area contributed by atoms with Gasteiger partial charge in [-0.3, -0.25) is 4.79 Å². The number of nitrogens with one attached hydrogen (secondary N) is 1. The van der Waals surface area contributed by atoms with Crippen molar-refractivity contribution in [2.24, 2.45) is 10.4 Å². The van der Waals surface area contributed by atoms with Gasteiger partial charge in [0.2, 0.25) is 5.91 Å². The molecule has 1 N–H and O–H groups in total. The maximum Gasteiger partial charge on any atom is 0.230 e. The van der Waals surface area contributed by atoms with Gasteiger partial charge in [-0.15, -0.1) is 0 Å². The molecule has 0 saturated carbocycles. The average Bonchev–Trinajstić information content (AvgIpc) is 2.49. The van der Waals surface area contributed by atoms with Crippen LogP contribution in [0.4, 0.5) is 5.69 Å². The molecule has 0 bridgehead atoms. The Labute approximate surface area is 138 Å². The van der Waals surface area contributed by atoms with Gasteiger partial charge in [0.1, 0.15) is 5.84 Å². The van der Waals surface area contributed by atoms with Crippen molar-refractivity contribution in [2.75, 3.05) is 0 Å². The smallest absolute Gasteiger partial charge is 0.230 e. The van der Waals surface area contributed by atoms with Crippen LogP contribution >= 0.6 is 0 Å². The molecule has 2 rings (SSSR count). The van der Waals surface area contributed by atoms with Crippen LogP contribution in [0.15, 0.2) is 53.5 Å². The monoisotopic (exact) mass is 308 g/mol. The van der Waals surface area contributed by atoms with E-state index in [1.807, 2.05) is 83.1 Å². The van der Waals surface area contributed by atoms with Gasteiger partial charge in [0, 0.05) is 11.0 Å². The maximum atomic E-state index is 12.4. The molecular weight excluding hydrogens is 284 g/mol. The quantitative estimate of drug-likeness (QED) is 0.642. The number of aliphatic imine (C=N–C) groups is 1. The molecule has 3 heteroatoms. The van der Waals surface area contributed by atoms with Gasteiger partial charge in [-0.25, -0.2) is 4.99 Å². The normalized spacial score (nSPS) is 12.1. The van der Waals surface area contributed by atoms with Crippen molar-refractivity contribution in [3.8, 4) is 0 Å². The number of carbonyl (C=O) groups excluding carboxylic acids is 1. The van der Waals surface area contributed by atoms with Crippen molar-refractivity contribution < 1.29 is 4.79 Å². The highest BCUT2D eigenvalue weighted by atomic mass is 16.2. The Kier molecular flexibility index (Phi) is 4.99. The van der Waals surface area contributed by atoms with Gasteiger partial charge in [0.25, 0.3) is 0 Å². The number of aryl methyl sites for hydroxylation is 2. The molecule has 0 aliphatic carbocycles.